The number of nitrogens with one attached hydrogen (secondary N) is 1. The van der Waals surface area contributed by atoms with Gasteiger partial charge in [0.25, 0.3) is 0 Å². The van der Waals surface area contributed by atoms with Gasteiger partial charge >= 0.3 is 6.18 Å². The van der Waals surface area contributed by atoms with Crippen molar-refractivity contribution in [3.63, 3.8) is 0 Å². The van der Waals surface area contributed by atoms with Gasteiger partial charge in [0.1, 0.15) is 0 Å². The van der Waals surface area contributed by atoms with E-state index in [4.69, 9.17) is 0 Å². The summed E-state index contributed by atoms with van der Waals surface area (Å²) in [6.45, 7) is 2.17. The largest absolute Gasteiger partial charge is 0.389 e. The number of hydrogen-bond donors (Lipinski definition) is 1. The van der Waals surface area contributed by atoms with Crippen LogP contribution in [0.15, 0.2) is 0 Å². The Balaban J connectivity index is 3.49. The lowest BCUT2D eigenvalue weighted by Gasteiger charge is -2.16. The summed E-state index contributed by atoms with van der Waals surface area (Å²) in [6, 6.07) is 0.249. The summed E-state index contributed by atoms with van der Waals surface area (Å²) in [6.07, 6.45) is 3.27. The second-order valence-corrected chi connectivity index (χ2v) is 4.70. The molecule has 0 spiro atoms. The van der Waals surface area contributed by atoms with E-state index in [1.807, 2.05) is 7.05 Å². The molecule has 1 atom stereocenters. The topological polar surface area (TPSA) is 12.0 Å². The lowest BCUT2D eigenvalue weighted by atomic mass is 10.0. The van der Waals surface area contributed by atoms with Gasteiger partial charge in [0.15, 0.2) is 0 Å². The molecule has 0 aliphatic rings. The van der Waals surface area contributed by atoms with Gasteiger partial charge in [0.2, 0.25) is 0 Å². The Bertz CT molecular complexity index is 169. The Hall–Kier alpha value is -0.250. The van der Waals surface area contributed by atoms with Crippen LogP contribution in [0.1, 0.15) is 64.7 Å². The first kappa shape index (κ1) is 16.8. The molecule has 4 heteroatoms. The molecule has 0 aromatic rings. The maximum atomic E-state index is 12.0. The zero-order chi connectivity index (χ0) is 13.1. The molecule has 0 aliphatic heterocycles. The molecular formula is C13H26F3N. The minimum atomic E-state index is -4.00. The molecule has 0 amide bonds. The quantitative estimate of drug-likeness (QED) is 0.558. The van der Waals surface area contributed by atoms with Crippen molar-refractivity contribution in [2.24, 2.45) is 0 Å². The van der Waals surface area contributed by atoms with Crippen LogP contribution in [0.4, 0.5) is 13.2 Å². The van der Waals surface area contributed by atoms with Crippen LogP contribution in [0.2, 0.25) is 0 Å². The molecule has 0 heterocycles. The fourth-order valence-electron chi connectivity index (χ4n) is 1.98. The summed E-state index contributed by atoms with van der Waals surface area (Å²) >= 11 is 0. The number of rotatable bonds is 10. The predicted molar refractivity (Wildman–Crippen MR) is 66.1 cm³/mol. The van der Waals surface area contributed by atoms with Gasteiger partial charge in [-0.3, -0.25) is 0 Å². The second kappa shape index (κ2) is 9.75. The van der Waals surface area contributed by atoms with Crippen LogP contribution < -0.4 is 5.32 Å². The van der Waals surface area contributed by atoms with E-state index in [-0.39, 0.29) is 12.5 Å². The van der Waals surface area contributed by atoms with Crippen LogP contribution in [0.5, 0.6) is 0 Å². The van der Waals surface area contributed by atoms with Gasteiger partial charge in [0.05, 0.1) is 0 Å². The van der Waals surface area contributed by atoms with Crippen LogP contribution in [0.3, 0.4) is 0 Å². The molecule has 0 aromatic heterocycles. The molecule has 0 bridgehead atoms. The second-order valence-electron chi connectivity index (χ2n) is 4.70. The van der Waals surface area contributed by atoms with Crippen molar-refractivity contribution in [1.29, 1.82) is 0 Å². The molecule has 104 valence electrons. The van der Waals surface area contributed by atoms with Crippen LogP contribution in [-0.4, -0.2) is 19.3 Å². The lowest BCUT2D eigenvalue weighted by Crippen LogP contribution is -2.25. The summed E-state index contributed by atoms with van der Waals surface area (Å²) in [5.41, 5.74) is 0. The van der Waals surface area contributed by atoms with Crippen molar-refractivity contribution >= 4 is 0 Å². The van der Waals surface area contributed by atoms with Crippen molar-refractivity contribution in [3.05, 3.63) is 0 Å². The van der Waals surface area contributed by atoms with E-state index in [2.05, 4.69) is 12.2 Å². The van der Waals surface area contributed by atoms with E-state index in [9.17, 15) is 13.2 Å². The third-order valence-electron chi connectivity index (χ3n) is 3.08. The Labute approximate surface area is 103 Å². The van der Waals surface area contributed by atoms with Gasteiger partial charge in [-0.05, 0) is 26.3 Å². The molecule has 0 aliphatic carbocycles. The van der Waals surface area contributed by atoms with Crippen LogP contribution in [0.25, 0.3) is 0 Å². The molecule has 0 saturated heterocycles. The number of hydrogen-bond acceptors (Lipinski definition) is 1. The monoisotopic (exact) mass is 253 g/mol. The Kier molecular flexibility index (Phi) is 9.60. The lowest BCUT2D eigenvalue weighted by molar-refractivity contribution is -0.135. The first-order valence-corrected chi connectivity index (χ1v) is 6.73. The van der Waals surface area contributed by atoms with Crippen molar-refractivity contribution in [3.8, 4) is 0 Å². The van der Waals surface area contributed by atoms with E-state index < -0.39 is 12.6 Å². The van der Waals surface area contributed by atoms with E-state index in [1.54, 1.807) is 0 Å². The van der Waals surface area contributed by atoms with Crippen LogP contribution in [0, 0.1) is 0 Å². The number of halogens is 3. The van der Waals surface area contributed by atoms with Crippen LogP contribution >= 0.6 is 0 Å². The summed E-state index contributed by atoms with van der Waals surface area (Å²) in [7, 11) is 1.84. The van der Waals surface area contributed by atoms with Gasteiger partial charge in [-0.25, -0.2) is 0 Å². The average Bonchev–Trinajstić information content (AvgIpc) is 2.25. The average molecular weight is 253 g/mol. The predicted octanol–water partition coefficient (Wildman–Crippen LogP) is 4.67. The summed E-state index contributed by atoms with van der Waals surface area (Å²) < 4.78 is 35.9. The highest BCUT2D eigenvalue weighted by molar-refractivity contribution is 4.66. The van der Waals surface area contributed by atoms with E-state index in [0.29, 0.717) is 6.42 Å². The molecule has 0 saturated carbocycles. The molecule has 0 fully saturated rings. The third kappa shape index (κ3) is 12.0. The molecule has 0 radical (unpaired) electrons. The molecule has 0 rings (SSSR count). The van der Waals surface area contributed by atoms with Gasteiger partial charge < -0.3 is 5.32 Å². The Morgan fingerprint density at radius 2 is 1.53 bits per heavy atom. The van der Waals surface area contributed by atoms with Gasteiger partial charge in [-0.1, -0.05) is 39.0 Å². The number of alkyl halides is 3. The highest BCUT2D eigenvalue weighted by atomic mass is 19.4. The minimum Gasteiger partial charge on any atom is -0.317 e. The summed E-state index contributed by atoms with van der Waals surface area (Å²) in [4.78, 5) is 0. The van der Waals surface area contributed by atoms with E-state index in [0.717, 1.165) is 12.8 Å². The molecule has 17 heavy (non-hydrogen) atoms. The van der Waals surface area contributed by atoms with Crippen molar-refractivity contribution in [2.45, 2.75) is 76.9 Å². The van der Waals surface area contributed by atoms with Gasteiger partial charge in [0, 0.05) is 12.5 Å². The van der Waals surface area contributed by atoms with E-state index >= 15 is 0 Å². The van der Waals surface area contributed by atoms with Gasteiger partial charge in [-0.15, -0.1) is 0 Å². The maximum Gasteiger partial charge on any atom is 0.389 e. The van der Waals surface area contributed by atoms with Gasteiger partial charge in [-0.2, -0.15) is 13.2 Å². The fraction of sp³-hybridized carbons (Fsp3) is 1.00. The molecule has 0 aromatic carbocycles. The fourth-order valence-corrected chi connectivity index (χ4v) is 1.98. The summed E-state index contributed by atoms with van der Waals surface area (Å²) in [5, 5.41) is 3.11. The number of unbranched alkanes of at least 4 members (excludes halogenated alkanes) is 4. The SMILES string of the molecule is CCCCCCCC(CCCC(F)(F)F)NC. The molecular weight excluding hydrogens is 227 g/mol. The van der Waals surface area contributed by atoms with Crippen molar-refractivity contribution < 1.29 is 13.2 Å². The maximum absolute atomic E-state index is 12.0. The Morgan fingerprint density at radius 1 is 0.941 bits per heavy atom. The van der Waals surface area contributed by atoms with Crippen LogP contribution in [-0.2, 0) is 0 Å². The zero-order valence-corrected chi connectivity index (χ0v) is 11.1. The zero-order valence-electron chi connectivity index (χ0n) is 11.1. The third-order valence-corrected chi connectivity index (χ3v) is 3.08. The minimum absolute atomic E-state index is 0.240. The standard InChI is InChI=1S/C13H26F3N/c1-3-4-5-6-7-9-12(17-2)10-8-11-13(14,15)16/h12,17H,3-11H2,1-2H3. The molecule has 1 N–H and O–H groups in total. The highest BCUT2D eigenvalue weighted by Crippen LogP contribution is 2.23. The van der Waals surface area contributed by atoms with Crippen molar-refractivity contribution in [2.75, 3.05) is 7.05 Å². The van der Waals surface area contributed by atoms with Crippen molar-refractivity contribution in [1.82, 2.24) is 5.32 Å². The smallest absolute Gasteiger partial charge is 0.317 e. The first-order valence-electron chi connectivity index (χ1n) is 6.73. The molecule has 1 nitrogen and oxygen atoms in total. The summed E-state index contributed by atoms with van der Waals surface area (Å²) in [5.74, 6) is 0. The molecule has 1 unspecified atom stereocenters. The van der Waals surface area contributed by atoms with E-state index in [1.165, 1.54) is 25.7 Å². The normalized spacial score (nSPS) is 13.9. The Morgan fingerprint density at radius 3 is 2.06 bits per heavy atom. The first-order chi connectivity index (χ1) is 7.99. The highest BCUT2D eigenvalue weighted by Gasteiger charge is 2.26.